The molecule has 0 saturated carbocycles. The third-order valence-electron chi connectivity index (χ3n) is 5.57. The Labute approximate surface area is 168 Å². The Kier molecular flexibility index (Phi) is 7.71. The number of β-amino-alcohol motifs (C(OH)–C–C–N with tert-alkyl or cyclic N) is 1. The molecule has 1 aliphatic rings. The molecular weight excluding hydrogens is 356 g/mol. The van der Waals surface area contributed by atoms with E-state index >= 15 is 0 Å². The molecule has 1 saturated heterocycles. The Balaban J connectivity index is 1.72. The molecule has 0 aliphatic carbocycles. The number of aliphatic hydroxyl groups excluding tert-OH is 1. The highest BCUT2D eigenvalue weighted by molar-refractivity contribution is 6.30. The summed E-state index contributed by atoms with van der Waals surface area (Å²) in [4.78, 5) is 4.98. The van der Waals surface area contributed by atoms with Crippen LogP contribution in [0.5, 0.6) is 0 Å². The Morgan fingerprint density at radius 1 is 0.926 bits per heavy atom. The molecule has 2 aromatic carbocycles. The summed E-state index contributed by atoms with van der Waals surface area (Å²) in [5.74, 6) is 0. The number of unbranched alkanes of at least 4 members (excludes halogenated alkanes) is 1. The molecule has 0 amide bonds. The third kappa shape index (κ3) is 5.55. The van der Waals surface area contributed by atoms with Gasteiger partial charge in [0.15, 0.2) is 0 Å². The second-order valence-electron chi connectivity index (χ2n) is 7.39. The summed E-state index contributed by atoms with van der Waals surface area (Å²) in [6.07, 6.45) is 3.68. The summed E-state index contributed by atoms with van der Waals surface area (Å²) < 4.78 is 0. The molecule has 1 unspecified atom stereocenters. The van der Waals surface area contributed by atoms with Gasteiger partial charge in [0.05, 0.1) is 6.61 Å². The molecule has 1 aliphatic heterocycles. The fraction of sp³-hybridized carbons (Fsp3) is 0.478. The Morgan fingerprint density at radius 2 is 1.52 bits per heavy atom. The normalized spacial score (nSPS) is 17.1. The van der Waals surface area contributed by atoms with Gasteiger partial charge >= 0.3 is 0 Å². The van der Waals surface area contributed by atoms with Crippen molar-refractivity contribution in [2.45, 2.75) is 32.2 Å². The molecule has 2 aromatic rings. The van der Waals surface area contributed by atoms with Crippen molar-refractivity contribution in [1.29, 1.82) is 0 Å². The lowest BCUT2D eigenvalue weighted by Crippen LogP contribution is -2.48. The van der Waals surface area contributed by atoms with Crippen LogP contribution in [0.1, 0.15) is 37.8 Å². The maximum Gasteiger partial charge on any atom is 0.0558 e. The predicted molar refractivity (Wildman–Crippen MR) is 114 cm³/mol. The van der Waals surface area contributed by atoms with Crippen LogP contribution in [0, 0.1) is 0 Å². The summed E-state index contributed by atoms with van der Waals surface area (Å²) in [6, 6.07) is 17.6. The summed E-state index contributed by atoms with van der Waals surface area (Å²) >= 11 is 6.01. The van der Waals surface area contributed by atoms with Crippen molar-refractivity contribution < 1.29 is 5.11 Å². The number of hydrogen-bond acceptors (Lipinski definition) is 3. The Bertz CT molecular complexity index is 679. The number of benzene rings is 2. The number of aliphatic hydroxyl groups is 1. The van der Waals surface area contributed by atoms with E-state index in [1.807, 2.05) is 12.1 Å². The summed E-state index contributed by atoms with van der Waals surface area (Å²) in [5.41, 5.74) is 3.85. The van der Waals surface area contributed by atoms with Gasteiger partial charge in [-0.2, -0.15) is 0 Å². The first-order chi connectivity index (χ1) is 13.2. The second-order valence-corrected chi connectivity index (χ2v) is 7.82. The number of halogens is 1. The monoisotopic (exact) mass is 386 g/mol. The molecule has 1 N–H and O–H groups in total. The minimum Gasteiger partial charge on any atom is -0.395 e. The topological polar surface area (TPSA) is 26.7 Å². The predicted octanol–water partition coefficient (Wildman–Crippen LogP) is 4.85. The van der Waals surface area contributed by atoms with E-state index in [9.17, 15) is 0 Å². The van der Waals surface area contributed by atoms with Crippen LogP contribution in [-0.4, -0.2) is 54.2 Å². The van der Waals surface area contributed by atoms with Crippen LogP contribution < -0.4 is 0 Å². The van der Waals surface area contributed by atoms with Gasteiger partial charge in [-0.05, 0) is 35.2 Å². The first-order valence-corrected chi connectivity index (χ1v) is 10.5. The molecule has 1 atom stereocenters. The molecule has 3 rings (SSSR count). The van der Waals surface area contributed by atoms with Gasteiger partial charge < -0.3 is 5.11 Å². The molecule has 0 bridgehead atoms. The van der Waals surface area contributed by atoms with Gasteiger partial charge in [-0.3, -0.25) is 9.80 Å². The van der Waals surface area contributed by atoms with E-state index in [0.29, 0.717) is 6.04 Å². The lowest BCUT2D eigenvalue weighted by molar-refractivity contribution is 0.0794. The van der Waals surface area contributed by atoms with Gasteiger partial charge in [-0.25, -0.2) is 0 Å². The average Bonchev–Trinajstić information content (AvgIpc) is 2.71. The fourth-order valence-corrected chi connectivity index (χ4v) is 4.06. The fourth-order valence-electron chi connectivity index (χ4n) is 3.94. The number of hydrogen-bond donors (Lipinski definition) is 1. The molecule has 1 heterocycles. The summed E-state index contributed by atoms with van der Waals surface area (Å²) in [5, 5.41) is 9.93. The third-order valence-corrected chi connectivity index (χ3v) is 5.82. The Hall–Kier alpha value is -1.39. The zero-order valence-corrected chi connectivity index (χ0v) is 17.0. The Morgan fingerprint density at radius 3 is 2.07 bits per heavy atom. The molecule has 146 valence electrons. The van der Waals surface area contributed by atoms with E-state index in [0.717, 1.165) is 37.7 Å². The van der Waals surface area contributed by atoms with E-state index < -0.39 is 0 Å². The van der Waals surface area contributed by atoms with Crippen LogP contribution >= 0.6 is 11.6 Å². The van der Waals surface area contributed by atoms with Gasteiger partial charge in [-0.15, -0.1) is 0 Å². The molecule has 4 heteroatoms. The molecule has 0 spiro atoms. The van der Waals surface area contributed by atoms with Crippen LogP contribution in [0.2, 0.25) is 5.02 Å². The van der Waals surface area contributed by atoms with Crippen LogP contribution in [-0.2, 0) is 0 Å². The highest BCUT2D eigenvalue weighted by Crippen LogP contribution is 2.30. The van der Waals surface area contributed by atoms with Gasteiger partial charge in [0.25, 0.3) is 0 Å². The van der Waals surface area contributed by atoms with Crippen LogP contribution in [0.25, 0.3) is 11.1 Å². The van der Waals surface area contributed by atoms with E-state index in [1.165, 1.54) is 36.0 Å². The minimum absolute atomic E-state index is 0.255. The van der Waals surface area contributed by atoms with Crippen molar-refractivity contribution in [3.63, 3.8) is 0 Å². The van der Waals surface area contributed by atoms with Gasteiger partial charge in [-0.1, -0.05) is 67.8 Å². The van der Waals surface area contributed by atoms with Crippen molar-refractivity contribution in [2.75, 3.05) is 39.3 Å². The lowest BCUT2D eigenvalue weighted by atomic mass is 9.96. The lowest BCUT2D eigenvalue weighted by Gasteiger charge is -2.39. The molecule has 27 heavy (non-hydrogen) atoms. The number of nitrogens with zero attached hydrogens (tertiary/aromatic N) is 2. The van der Waals surface area contributed by atoms with Gasteiger partial charge in [0.1, 0.15) is 0 Å². The van der Waals surface area contributed by atoms with Gasteiger partial charge in [0, 0.05) is 43.8 Å². The van der Waals surface area contributed by atoms with Crippen molar-refractivity contribution >= 4 is 11.6 Å². The maximum absolute atomic E-state index is 9.16. The standard InChI is InChI=1S/C23H31ClN2O/c1-2-3-4-23(26-15-13-25(14-16-26)17-18-27)21-7-5-19(6-8-21)20-9-11-22(24)12-10-20/h5-12,23,27H,2-4,13-18H2,1H3. The van der Waals surface area contributed by atoms with E-state index in [1.54, 1.807) is 0 Å². The first-order valence-electron chi connectivity index (χ1n) is 10.1. The summed E-state index contributed by atoms with van der Waals surface area (Å²) in [6.45, 7) is 7.56. The smallest absolute Gasteiger partial charge is 0.0558 e. The minimum atomic E-state index is 0.255. The van der Waals surface area contributed by atoms with E-state index in [4.69, 9.17) is 16.7 Å². The molecule has 1 fully saturated rings. The highest BCUT2D eigenvalue weighted by Gasteiger charge is 2.24. The van der Waals surface area contributed by atoms with Gasteiger partial charge in [0.2, 0.25) is 0 Å². The molecule has 0 radical (unpaired) electrons. The number of piperazine rings is 1. The molecular formula is C23H31ClN2O. The largest absolute Gasteiger partial charge is 0.395 e. The molecule has 0 aromatic heterocycles. The maximum atomic E-state index is 9.16. The van der Waals surface area contributed by atoms with E-state index in [2.05, 4.69) is 53.1 Å². The zero-order chi connectivity index (χ0) is 19.1. The second kappa shape index (κ2) is 10.2. The van der Waals surface area contributed by atoms with Crippen LogP contribution in [0.4, 0.5) is 0 Å². The highest BCUT2D eigenvalue weighted by atomic mass is 35.5. The van der Waals surface area contributed by atoms with Crippen molar-refractivity contribution in [3.05, 3.63) is 59.1 Å². The van der Waals surface area contributed by atoms with Crippen LogP contribution in [0.15, 0.2) is 48.5 Å². The molecule has 3 nitrogen and oxygen atoms in total. The summed E-state index contributed by atoms with van der Waals surface area (Å²) in [7, 11) is 0. The average molecular weight is 387 g/mol. The quantitative estimate of drug-likeness (QED) is 0.702. The van der Waals surface area contributed by atoms with Crippen molar-refractivity contribution in [2.24, 2.45) is 0 Å². The van der Waals surface area contributed by atoms with E-state index in [-0.39, 0.29) is 6.61 Å². The zero-order valence-electron chi connectivity index (χ0n) is 16.3. The first kappa shape index (κ1) is 20.3. The SMILES string of the molecule is CCCCC(c1ccc(-c2ccc(Cl)cc2)cc1)N1CCN(CCO)CC1. The van der Waals surface area contributed by atoms with Crippen molar-refractivity contribution in [1.82, 2.24) is 9.80 Å². The van der Waals surface area contributed by atoms with Crippen LogP contribution in [0.3, 0.4) is 0 Å². The van der Waals surface area contributed by atoms with Crippen molar-refractivity contribution in [3.8, 4) is 11.1 Å². The number of rotatable bonds is 8.